The molecule has 1 aliphatic rings. The topological polar surface area (TPSA) is 38.7 Å². The summed E-state index contributed by atoms with van der Waals surface area (Å²) >= 11 is 3.64. The van der Waals surface area contributed by atoms with Crippen molar-refractivity contribution in [3.8, 4) is 11.1 Å². The fourth-order valence-electron chi connectivity index (χ4n) is 16.2. The van der Waals surface area contributed by atoms with Gasteiger partial charge in [0.25, 0.3) is 0 Å². The average molecular weight is 1350 g/mol. The summed E-state index contributed by atoms with van der Waals surface area (Å²) in [6, 6.07) is 107. The molecular weight excluding hydrogens is 1280 g/mol. The molecule has 3 nitrogen and oxygen atoms in total. The minimum Gasteiger partial charge on any atom is -1.00 e. The van der Waals surface area contributed by atoms with E-state index in [1.165, 1.54) is 188 Å². The molecule has 98 heavy (non-hydrogen) atoms. The maximum absolute atomic E-state index is 7.00. The second kappa shape index (κ2) is 24.8. The molecule has 0 spiro atoms. The molecule has 466 valence electrons. The number of halogens is 1. The Bertz CT molecular complexity index is 6560. The fourth-order valence-corrected chi connectivity index (χ4v) is 16.7. The van der Waals surface area contributed by atoms with Gasteiger partial charge in [-0.2, -0.15) is 0 Å². The van der Waals surface area contributed by atoms with Gasteiger partial charge in [-0.15, -0.1) is 0 Å². The first kappa shape index (κ1) is 63.9. The minimum atomic E-state index is -0.382. The van der Waals surface area contributed by atoms with Gasteiger partial charge in [0.05, 0.1) is 11.2 Å². The second-order valence-corrected chi connectivity index (χ2v) is 27.7. The van der Waals surface area contributed by atoms with E-state index in [9.17, 15) is 0 Å². The van der Waals surface area contributed by atoms with Gasteiger partial charge in [-0.05, 0) is 229 Å². The van der Waals surface area contributed by atoms with Crippen molar-refractivity contribution >= 4 is 201 Å². The van der Waals surface area contributed by atoms with Crippen LogP contribution in [0, 0.1) is 0 Å². The van der Waals surface area contributed by atoms with Gasteiger partial charge >= 0.3 is 58.5 Å². The van der Waals surface area contributed by atoms with Crippen molar-refractivity contribution in [2.45, 2.75) is 46.3 Å². The molecule has 20 aromatic rings. The van der Waals surface area contributed by atoms with Gasteiger partial charge in [0, 0.05) is 11.6 Å². The van der Waals surface area contributed by atoms with Gasteiger partial charge in [0.1, 0.15) is 0 Å². The van der Waals surface area contributed by atoms with Crippen LogP contribution in [0.5, 0.6) is 0 Å². The first-order chi connectivity index (χ1) is 47.0. The number of rotatable bonds is 2. The van der Waals surface area contributed by atoms with Crippen LogP contribution in [0.3, 0.4) is 0 Å². The van der Waals surface area contributed by atoms with Crippen molar-refractivity contribution in [1.29, 1.82) is 0 Å². The largest absolute Gasteiger partial charge is 1.00 e. The average Bonchev–Trinajstić information content (AvgIpc) is 0.818. The van der Waals surface area contributed by atoms with Gasteiger partial charge in [-0.25, -0.2) is 0 Å². The molecule has 20 aromatic carbocycles. The summed E-state index contributed by atoms with van der Waals surface area (Å²) in [5, 5.41) is 49.0. The van der Waals surface area contributed by atoms with E-state index in [-0.39, 0.29) is 78.6 Å². The molecule has 0 aromatic heterocycles. The van der Waals surface area contributed by atoms with Crippen molar-refractivity contribution < 1.29 is 67.2 Å². The van der Waals surface area contributed by atoms with Gasteiger partial charge in [-0.3, -0.25) is 0 Å². The summed E-state index contributed by atoms with van der Waals surface area (Å²) in [5.41, 5.74) is 2.87. The normalized spacial score (nSPS) is 13.6. The molecule has 0 radical (unpaired) electrons. The van der Waals surface area contributed by atoms with Crippen LogP contribution in [0.25, 0.3) is 183 Å². The van der Waals surface area contributed by atoms with Crippen LogP contribution in [-0.4, -0.2) is 30.5 Å². The molecule has 1 aliphatic heterocycles. The van der Waals surface area contributed by atoms with Crippen LogP contribution in [0.15, 0.2) is 296 Å². The Morgan fingerprint density at radius 3 is 0.969 bits per heavy atom. The molecule has 0 aliphatic carbocycles. The number of fused-ring (bicyclic) bond motifs is 22. The van der Waals surface area contributed by atoms with Crippen molar-refractivity contribution in [1.82, 2.24) is 0 Å². The summed E-state index contributed by atoms with van der Waals surface area (Å²) in [7, 11) is 0.618. The van der Waals surface area contributed by atoms with E-state index in [1.54, 1.807) is 0 Å². The van der Waals surface area contributed by atoms with Crippen molar-refractivity contribution in [3.63, 3.8) is 0 Å². The molecular formula is C92H69BBrKO3. The molecule has 1 fully saturated rings. The molecule has 0 saturated carbocycles. The van der Waals surface area contributed by atoms with E-state index >= 15 is 0 Å². The van der Waals surface area contributed by atoms with Gasteiger partial charge in [-0.1, -0.05) is 302 Å². The van der Waals surface area contributed by atoms with E-state index < -0.39 is 0 Å². The molecule has 0 amide bonds. The minimum absolute atomic E-state index is 0. The molecule has 0 atom stereocenters. The summed E-state index contributed by atoms with van der Waals surface area (Å²) in [6.45, 7) is 8.42. The third-order valence-corrected chi connectivity index (χ3v) is 22.0. The molecule has 1 heterocycles. The second-order valence-electron chi connectivity index (χ2n) is 26.8. The Kier molecular flexibility index (Phi) is 16.2. The maximum Gasteiger partial charge on any atom is 1.00 e. The van der Waals surface area contributed by atoms with E-state index in [0.717, 1.165) is 12.6 Å². The number of aliphatic hydroxyl groups excluding tert-OH is 1. The predicted octanol–water partition coefficient (Wildman–Crippen LogP) is 22.5. The van der Waals surface area contributed by atoms with E-state index in [2.05, 4.69) is 335 Å². The Labute approximate surface area is 622 Å². The first-order valence-electron chi connectivity index (χ1n) is 33.2. The zero-order valence-electron chi connectivity index (χ0n) is 55.9. The van der Waals surface area contributed by atoms with Crippen LogP contribution >= 0.6 is 15.9 Å². The van der Waals surface area contributed by atoms with Crippen LogP contribution in [0.2, 0.25) is 0 Å². The third-order valence-electron chi connectivity index (χ3n) is 21.3. The molecule has 1 N–H and O–H groups in total. The van der Waals surface area contributed by atoms with Gasteiger partial charge < -0.3 is 15.8 Å². The van der Waals surface area contributed by atoms with Gasteiger partial charge in [0.2, 0.25) is 0 Å². The SMILES string of the molecule is Brc1ccc2ccc3cccc4ccc1c2c34.C.CC1(C)OB(c2ccc3c(c2)c2ccccc2c2c4ccccc4c4ccccc4c32)OC1(C)C.CO.[H-].[K+].c1cc2ccc3ccc(-c4ccc5c(c4)c4ccccc4c4c6ccccc6c6ccccc6c54)c4ccc(c1)c2c34. The smallest absolute Gasteiger partial charge is 1.00 e. The third kappa shape index (κ3) is 9.86. The number of benzene rings is 20. The number of aliphatic hydroxyl groups is 1. The summed E-state index contributed by atoms with van der Waals surface area (Å²) in [6.07, 6.45) is 0. The number of hydrogen-bond donors (Lipinski definition) is 1. The van der Waals surface area contributed by atoms with Crippen molar-refractivity contribution in [2.75, 3.05) is 7.11 Å². The number of hydrogen-bond acceptors (Lipinski definition) is 3. The molecule has 6 heteroatoms. The Balaban J connectivity index is 0.000000126. The van der Waals surface area contributed by atoms with E-state index in [4.69, 9.17) is 14.4 Å². The molecule has 21 rings (SSSR count). The quantitative estimate of drug-likeness (QED) is 0.138. The van der Waals surface area contributed by atoms with E-state index in [0.29, 0.717) is 0 Å². The summed E-state index contributed by atoms with van der Waals surface area (Å²) in [5.74, 6) is 0. The van der Waals surface area contributed by atoms with Gasteiger partial charge in [0.15, 0.2) is 0 Å². The Hall–Kier alpha value is -8.86. The van der Waals surface area contributed by atoms with Crippen LogP contribution in [0.1, 0.15) is 36.5 Å². The molecule has 0 unspecified atom stereocenters. The van der Waals surface area contributed by atoms with E-state index in [1.807, 2.05) is 0 Å². The summed E-state index contributed by atoms with van der Waals surface area (Å²) in [4.78, 5) is 0. The summed E-state index contributed by atoms with van der Waals surface area (Å²) < 4.78 is 14.0. The monoisotopic (exact) mass is 1350 g/mol. The van der Waals surface area contributed by atoms with Crippen LogP contribution in [-0.2, 0) is 9.31 Å². The Morgan fingerprint density at radius 2 is 0.561 bits per heavy atom. The maximum atomic E-state index is 7.00. The Morgan fingerprint density at radius 1 is 0.276 bits per heavy atom. The van der Waals surface area contributed by atoms with Crippen molar-refractivity contribution in [3.05, 3.63) is 296 Å². The fraction of sp³-hybridized carbons (Fsp3) is 0.0870. The molecule has 1 saturated heterocycles. The van der Waals surface area contributed by atoms with Crippen LogP contribution in [0.4, 0.5) is 0 Å². The predicted molar refractivity (Wildman–Crippen MR) is 427 cm³/mol. The van der Waals surface area contributed by atoms with Crippen molar-refractivity contribution in [2.24, 2.45) is 0 Å². The first-order valence-corrected chi connectivity index (χ1v) is 34.0. The zero-order valence-corrected chi connectivity index (χ0v) is 59.6. The van der Waals surface area contributed by atoms with Crippen LogP contribution < -0.4 is 56.8 Å². The zero-order chi connectivity index (χ0) is 64.7. The standard InChI is InChI=1S/C42H24.C32H27BO2.C16H9Br.CH4O.CH4.K.H/c1-4-13-33-30(10-1)31-11-2-5-14-34(31)42-37-23-20-28(24-38(37)32-12-3-6-15-35(32)41(33)42)29-21-18-27-17-16-25-8-7-9-26-19-22-36(29)40(27)39(25)26;1-31(2)32(3,4)35-33(34-31)20-17-18-27-28(19-20)23-13-7-10-16-26(23)29-24-14-8-5-11-21(24)22-12-6-9-15-25(22)30(27)29;17-14-9-7-12-5-4-10-2-1-3-11-6-8-13(14)16(12)15(10)11;1-2;;;/h1-24H;5-19H,1-4H3;1-9H;2H,1H3;1H4;;/q;;;;;+1;-1. The molecule has 0 bridgehead atoms.